The second kappa shape index (κ2) is 9.02. The molecular weight excluding hydrogens is 194 g/mol. The van der Waals surface area contributed by atoms with Gasteiger partial charge in [0.15, 0.2) is 0 Å². The van der Waals surface area contributed by atoms with Gasteiger partial charge in [0.05, 0.1) is 0 Å². The van der Waals surface area contributed by atoms with Gasteiger partial charge in [-0.25, -0.2) is 0 Å². The minimum Gasteiger partial charge on any atom is -0.388 e. The standard InChI is InChI=1S/C8H17N.C7H8/c1-5-6-9-8(4)7(2)3;1-7-5-3-2-4-6-7/h5-9H,1-4H3;2-6H,1H3/b6-5-;. The molecule has 0 aliphatic carbocycles. The summed E-state index contributed by atoms with van der Waals surface area (Å²) in [5.41, 5.74) is 1.32. The molecular formula is C15H25N. The average Bonchev–Trinajstić information content (AvgIpc) is 2.27. The van der Waals surface area contributed by atoms with Crippen molar-refractivity contribution in [3.8, 4) is 0 Å². The molecule has 0 aromatic heterocycles. The fraction of sp³-hybridized carbons (Fsp3) is 0.467. The molecule has 0 saturated carbocycles. The van der Waals surface area contributed by atoms with Crippen LogP contribution in [0.4, 0.5) is 0 Å². The maximum atomic E-state index is 3.25. The van der Waals surface area contributed by atoms with Gasteiger partial charge in [0.2, 0.25) is 0 Å². The molecule has 1 atom stereocenters. The van der Waals surface area contributed by atoms with E-state index in [0.29, 0.717) is 12.0 Å². The van der Waals surface area contributed by atoms with Gasteiger partial charge in [0.1, 0.15) is 0 Å². The third-order valence-electron chi connectivity index (χ3n) is 2.47. The summed E-state index contributed by atoms with van der Waals surface area (Å²) in [5.74, 6) is 0.709. The Morgan fingerprint density at radius 1 is 1.06 bits per heavy atom. The molecule has 0 saturated heterocycles. The lowest BCUT2D eigenvalue weighted by Gasteiger charge is -2.14. The lowest BCUT2D eigenvalue weighted by molar-refractivity contribution is 0.473. The molecule has 1 rings (SSSR count). The molecule has 1 nitrogen and oxygen atoms in total. The Bertz CT molecular complexity index is 275. The zero-order valence-corrected chi connectivity index (χ0v) is 11.2. The normalized spacial score (nSPS) is 12.1. The van der Waals surface area contributed by atoms with Gasteiger partial charge in [-0.2, -0.15) is 0 Å². The molecule has 0 aliphatic rings. The molecule has 1 aromatic rings. The largest absolute Gasteiger partial charge is 0.388 e. The van der Waals surface area contributed by atoms with E-state index in [1.54, 1.807) is 0 Å². The lowest BCUT2D eigenvalue weighted by atomic mass is 10.1. The molecule has 0 radical (unpaired) electrons. The van der Waals surface area contributed by atoms with Crippen molar-refractivity contribution in [1.82, 2.24) is 5.32 Å². The summed E-state index contributed by atoms with van der Waals surface area (Å²) in [6.07, 6.45) is 4.00. The summed E-state index contributed by atoms with van der Waals surface area (Å²) in [4.78, 5) is 0. The molecule has 1 unspecified atom stereocenters. The smallest absolute Gasteiger partial charge is 0.0250 e. The highest BCUT2D eigenvalue weighted by atomic mass is 14.9. The van der Waals surface area contributed by atoms with Crippen molar-refractivity contribution in [3.05, 3.63) is 48.2 Å². The summed E-state index contributed by atoms with van der Waals surface area (Å²) >= 11 is 0. The van der Waals surface area contributed by atoms with Crippen LogP contribution < -0.4 is 5.32 Å². The maximum absolute atomic E-state index is 3.25. The Kier molecular flexibility index (Phi) is 8.32. The van der Waals surface area contributed by atoms with Gasteiger partial charge in [-0.3, -0.25) is 0 Å². The fourth-order valence-corrected chi connectivity index (χ4v) is 0.975. The zero-order chi connectivity index (χ0) is 12.4. The number of hydrogen-bond donors (Lipinski definition) is 1. The lowest BCUT2D eigenvalue weighted by Crippen LogP contribution is -2.25. The van der Waals surface area contributed by atoms with E-state index in [-0.39, 0.29) is 0 Å². The van der Waals surface area contributed by atoms with Crippen molar-refractivity contribution in [2.75, 3.05) is 0 Å². The second-order valence-electron chi connectivity index (χ2n) is 4.35. The van der Waals surface area contributed by atoms with E-state index in [2.05, 4.69) is 45.1 Å². The Morgan fingerprint density at radius 3 is 1.94 bits per heavy atom. The molecule has 0 spiro atoms. The van der Waals surface area contributed by atoms with E-state index in [1.807, 2.05) is 37.4 Å². The van der Waals surface area contributed by atoms with Gasteiger partial charge in [-0.1, -0.05) is 55.8 Å². The number of nitrogens with one attached hydrogen (secondary N) is 1. The maximum Gasteiger partial charge on any atom is 0.0250 e. The quantitative estimate of drug-likeness (QED) is 0.805. The van der Waals surface area contributed by atoms with E-state index < -0.39 is 0 Å². The third kappa shape index (κ3) is 8.10. The van der Waals surface area contributed by atoms with Gasteiger partial charge < -0.3 is 5.32 Å². The van der Waals surface area contributed by atoms with Crippen LogP contribution in [0.15, 0.2) is 42.6 Å². The number of benzene rings is 1. The van der Waals surface area contributed by atoms with E-state index in [0.717, 1.165) is 0 Å². The number of hydrogen-bond acceptors (Lipinski definition) is 1. The van der Waals surface area contributed by atoms with Crippen LogP contribution in [0.5, 0.6) is 0 Å². The highest BCUT2D eigenvalue weighted by Gasteiger charge is 2.01. The molecule has 0 amide bonds. The molecule has 1 N–H and O–H groups in total. The van der Waals surface area contributed by atoms with Gasteiger partial charge in [0, 0.05) is 6.04 Å². The first-order valence-corrected chi connectivity index (χ1v) is 5.96. The number of allylic oxidation sites excluding steroid dienone is 1. The van der Waals surface area contributed by atoms with Crippen molar-refractivity contribution in [2.45, 2.75) is 40.7 Å². The van der Waals surface area contributed by atoms with Crippen molar-refractivity contribution < 1.29 is 0 Å². The summed E-state index contributed by atoms with van der Waals surface area (Å²) in [6.45, 7) is 10.7. The summed E-state index contributed by atoms with van der Waals surface area (Å²) in [7, 11) is 0. The molecule has 0 bridgehead atoms. The van der Waals surface area contributed by atoms with Gasteiger partial charge in [0.25, 0.3) is 0 Å². The summed E-state index contributed by atoms with van der Waals surface area (Å²) < 4.78 is 0. The van der Waals surface area contributed by atoms with Crippen molar-refractivity contribution in [3.63, 3.8) is 0 Å². The van der Waals surface area contributed by atoms with Crippen LogP contribution in [0.2, 0.25) is 0 Å². The first-order valence-electron chi connectivity index (χ1n) is 5.96. The predicted octanol–water partition coefficient (Wildman–Crippen LogP) is 4.15. The fourth-order valence-electron chi connectivity index (χ4n) is 0.975. The molecule has 0 fully saturated rings. The molecule has 0 heterocycles. The highest BCUT2D eigenvalue weighted by molar-refractivity contribution is 5.11. The van der Waals surface area contributed by atoms with E-state index in [4.69, 9.17) is 0 Å². The Labute approximate surface area is 101 Å². The van der Waals surface area contributed by atoms with Crippen LogP contribution in [-0.4, -0.2) is 6.04 Å². The Balaban J connectivity index is 0.000000288. The monoisotopic (exact) mass is 219 g/mol. The summed E-state index contributed by atoms with van der Waals surface area (Å²) in [6, 6.07) is 10.8. The number of rotatable bonds is 3. The second-order valence-corrected chi connectivity index (χ2v) is 4.35. The Morgan fingerprint density at radius 2 is 1.62 bits per heavy atom. The SMILES string of the molecule is C/C=C\NC(C)C(C)C.Cc1ccccc1. The number of aryl methyl sites for hydroxylation is 1. The van der Waals surface area contributed by atoms with E-state index in [1.165, 1.54) is 5.56 Å². The third-order valence-corrected chi connectivity index (χ3v) is 2.47. The summed E-state index contributed by atoms with van der Waals surface area (Å²) in [5, 5.41) is 3.25. The average molecular weight is 219 g/mol. The minimum atomic E-state index is 0.584. The van der Waals surface area contributed by atoms with Crippen LogP contribution >= 0.6 is 0 Å². The van der Waals surface area contributed by atoms with Gasteiger partial charge in [-0.15, -0.1) is 0 Å². The van der Waals surface area contributed by atoms with Crippen LogP contribution in [0.25, 0.3) is 0 Å². The molecule has 1 aromatic carbocycles. The molecule has 90 valence electrons. The van der Waals surface area contributed by atoms with Crippen LogP contribution in [0.1, 0.15) is 33.3 Å². The van der Waals surface area contributed by atoms with Crippen molar-refractivity contribution in [1.29, 1.82) is 0 Å². The molecule has 1 heteroatoms. The molecule has 16 heavy (non-hydrogen) atoms. The van der Waals surface area contributed by atoms with E-state index in [9.17, 15) is 0 Å². The van der Waals surface area contributed by atoms with Crippen molar-refractivity contribution in [2.24, 2.45) is 5.92 Å². The first kappa shape index (κ1) is 14.8. The highest BCUT2D eigenvalue weighted by Crippen LogP contribution is 1.98. The zero-order valence-electron chi connectivity index (χ0n) is 11.2. The molecule has 0 aliphatic heterocycles. The van der Waals surface area contributed by atoms with Gasteiger partial charge >= 0.3 is 0 Å². The van der Waals surface area contributed by atoms with Gasteiger partial charge in [-0.05, 0) is 32.9 Å². The minimum absolute atomic E-state index is 0.584. The van der Waals surface area contributed by atoms with E-state index >= 15 is 0 Å². The topological polar surface area (TPSA) is 12.0 Å². The predicted molar refractivity (Wildman–Crippen MR) is 73.4 cm³/mol. The van der Waals surface area contributed by atoms with Crippen LogP contribution in [0.3, 0.4) is 0 Å². The van der Waals surface area contributed by atoms with Crippen LogP contribution in [-0.2, 0) is 0 Å². The van der Waals surface area contributed by atoms with Crippen molar-refractivity contribution >= 4 is 0 Å². The Hall–Kier alpha value is -1.24. The first-order chi connectivity index (χ1) is 7.57. The van der Waals surface area contributed by atoms with Crippen LogP contribution in [0, 0.1) is 12.8 Å².